The molecule has 0 spiro atoms. The molecule has 24 heavy (non-hydrogen) atoms. The number of benzene rings is 1. The van der Waals surface area contributed by atoms with Crippen molar-refractivity contribution in [2.45, 2.75) is 31.2 Å². The summed E-state index contributed by atoms with van der Waals surface area (Å²) in [6.45, 7) is 6.59. The van der Waals surface area contributed by atoms with Crippen LogP contribution in [0.15, 0.2) is 23.1 Å². The molecule has 2 aliphatic heterocycles. The predicted molar refractivity (Wildman–Crippen MR) is 99.7 cm³/mol. The van der Waals surface area contributed by atoms with Gasteiger partial charge in [-0.05, 0) is 24.5 Å². The Kier molecular flexibility index (Phi) is 5.32. The van der Waals surface area contributed by atoms with E-state index < -0.39 is 10.0 Å². The van der Waals surface area contributed by atoms with Gasteiger partial charge in [0.25, 0.3) is 0 Å². The zero-order valence-corrected chi connectivity index (χ0v) is 16.2. The summed E-state index contributed by atoms with van der Waals surface area (Å²) in [5, 5.41) is 0. The quantitative estimate of drug-likeness (QED) is 0.819. The van der Waals surface area contributed by atoms with Gasteiger partial charge in [-0.3, -0.25) is 0 Å². The number of rotatable bonds is 3. The Labute approximate surface area is 149 Å². The highest BCUT2D eigenvalue weighted by molar-refractivity contribution is 7.99. The van der Waals surface area contributed by atoms with Crippen LogP contribution in [0.2, 0.25) is 0 Å². The molecular formula is C17H26N2O3S2. The molecule has 2 aliphatic rings. The number of hydrogen-bond acceptors (Lipinski definition) is 5. The second-order valence-corrected chi connectivity index (χ2v) is 10.0. The smallest absolute Gasteiger partial charge is 0.246 e. The van der Waals surface area contributed by atoms with Gasteiger partial charge in [0.15, 0.2) is 0 Å². The lowest BCUT2D eigenvalue weighted by Gasteiger charge is -2.29. The maximum atomic E-state index is 12.9. The number of sulfonamides is 1. The van der Waals surface area contributed by atoms with Gasteiger partial charge >= 0.3 is 0 Å². The number of hydrogen-bond donors (Lipinski definition) is 0. The average molecular weight is 371 g/mol. The molecule has 1 aromatic carbocycles. The third kappa shape index (κ3) is 3.53. The minimum atomic E-state index is -3.51. The number of anilines is 1. The molecule has 2 heterocycles. The van der Waals surface area contributed by atoms with Crippen molar-refractivity contribution in [3.63, 3.8) is 0 Å². The fourth-order valence-electron chi connectivity index (χ4n) is 3.24. The lowest BCUT2D eigenvalue weighted by Crippen LogP contribution is -2.39. The van der Waals surface area contributed by atoms with Gasteiger partial charge in [-0.2, -0.15) is 16.1 Å². The van der Waals surface area contributed by atoms with E-state index in [-0.39, 0.29) is 10.9 Å². The van der Waals surface area contributed by atoms with Gasteiger partial charge in [0.05, 0.1) is 6.04 Å². The van der Waals surface area contributed by atoms with Crippen molar-refractivity contribution in [2.75, 3.05) is 43.1 Å². The monoisotopic (exact) mass is 370 g/mol. The summed E-state index contributed by atoms with van der Waals surface area (Å²) < 4.78 is 33.3. The third-order valence-corrected chi connectivity index (χ3v) is 7.54. The third-order valence-electron chi connectivity index (χ3n) is 4.65. The van der Waals surface area contributed by atoms with E-state index in [1.165, 1.54) is 4.31 Å². The molecule has 0 aliphatic carbocycles. The molecule has 134 valence electrons. The summed E-state index contributed by atoms with van der Waals surface area (Å²) in [7, 11) is -1.85. The van der Waals surface area contributed by atoms with E-state index in [0.29, 0.717) is 18.3 Å². The van der Waals surface area contributed by atoms with Gasteiger partial charge in [-0.25, -0.2) is 8.42 Å². The minimum Gasteiger partial charge on any atom is -0.490 e. The number of ether oxygens (including phenoxy) is 1. The molecule has 1 fully saturated rings. The lowest BCUT2D eigenvalue weighted by atomic mass is 10.0. The first-order valence-electron chi connectivity index (χ1n) is 8.47. The normalized spacial score (nSPS) is 24.3. The van der Waals surface area contributed by atoms with Crippen LogP contribution in [-0.4, -0.2) is 57.0 Å². The van der Waals surface area contributed by atoms with Crippen LogP contribution < -0.4 is 9.64 Å². The molecule has 0 N–H and O–H groups in total. The zero-order valence-electron chi connectivity index (χ0n) is 14.6. The van der Waals surface area contributed by atoms with Gasteiger partial charge in [0, 0.05) is 43.4 Å². The molecule has 0 aromatic heterocycles. The van der Waals surface area contributed by atoms with Crippen molar-refractivity contribution in [3.05, 3.63) is 18.2 Å². The largest absolute Gasteiger partial charge is 0.490 e. The van der Waals surface area contributed by atoms with Crippen molar-refractivity contribution in [2.24, 2.45) is 5.92 Å². The molecule has 0 saturated carbocycles. The summed E-state index contributed by atoms with van der Waals surface area (Å²) >= 11 is 1.96. The Morgan fingerprint density at radius 3 is 2.67 bits per heavy atom. The molecule has 0 radical (unpaired) electrons. The van der Waals surface area contributed by atoms with Gasteiger partial charge in [-0.15, -0.1) is 0 Å². The molecule has 5 nitrogen and oxygen atoms in total. The Morgan fingerprint density at radius 2 is 2.00 bits per heavy atom. The van der Waals surface area contributed by atoms with E-state index in [2.05, 4.69) is 18.7 Å². The van der Waals surface area contributed by atoms with Crippen molar-refractivity contribution in [3.8, 4) is 5.75 Å². The lowest BCUT2D eigenvalue weighted by molar-refractivity contribution is 0.207. The Bertz CT molecular complexity index is 685. The molecule has 7 heteroatoms. The van der Waals surface area contributed by atoms with Gasteiger partial charge in [0.2, 0.25) is 10.0 Å². The number of thioether (sulfide) groups is 1. The second kappa shape index (κ2) is 7.14. The first kappa shape index (κ1) is 17.9. The number of nitrogens with zero attached hydrogens (tertiary/aromatic N) is 2. The van der Waals surface area contributed by atoms with Crippen molar-refractivity contribution < 1.29 is 13.2 Å². The van der Waals surface area contributed by atoms with Gasteiger partial charge < -0.3 is 9.64 Å². The Hall–Kier alpha value is -0.920. The molecule has 0 bridgehead atoms. The molecular weight excluding hydrogens is 344 g/mol. The Morgan fingerprint density at radius 1 is 1.29 bits per heavy atom. The number of fused-ring (bicyclic) bond motifs is 1. The molecule has 0 amide bonds. The number of likely N-dealkylation sites (N-methyl/N-ethyl adjacent to an activating group) is 1. The van der Waals surface area contributed by atoms with Gasteiger partial charge in [0.1, 0.15) is 17.3 Å². The van der Waals surface area contributed by atoms with Crippen LogP contribution in [0.3, 0.4) is 0 Å². The summed E-state index contributed by atoms with van der Waals surface area (Å²) in [6, 6.07) is 5.38. The van der Waals surface area contributed by atoms with Gasteiger partial charge in [-0.1, -0.05) is 13.8 Å². The highest BCUT2D eigenvalue weighted by Gasteiger charge is 2.35. The van der Waals surface area contributed by atoms with Crippen LogP contribution in [0, 0.1) is 5.92 Å². The van der Waals surface area contributed by atoms with E-state index in [1.807, 2.05) is 23.9 Å². The van der Waals surface area contributed by atoms with Crippen molar-refractivity contribution in [1.29, 1.82) is 0 Å². The van der Waals surface area contributed by atoms with E-state index in [0.717, 1.165) is 36.7 Å². The second-order valence-electron chi connectivity index (χ2n) is 6.85. The van der Waals surface area contributed by atoms with Crippen molar-refractivity contribution in [1.82, 2.24) is 4.31 Å². The maximum Gasteiger partial charge on any atom is 0.246 e. The van der Waals surface area contributed by atoms with Crippen LogP contribution in [0.25, 0.3) is 0 Å². The maximum absolute atomic E-state index is 12.9. The minimum absolute atomic E-state index is 0.128. The van der Waals surface area contributed by atoms with Crippen LogP contribution >= 0.6 is 11.8 Å². The van der Waals surface area contributed by atoms with E-state index in [9.17, 15) is 8.42 Å². The highest BCUT2D eigenvalue weighted by Crippen LogP contribution is 2.35. The summed E-state index contributed by atoms with van der Waals surface area (Å²) in [5.74, 6) is 3.12. The van der Waals surface area contributed by atoms with E-state index in [4.69, 9.17) is 4.74 Å². The van der Waals surface area contributed by atoms with Crippen LogP contribution in [0.5, 0.6) is 5.75 Å². The SMILES string of the molecule is CC(C)C[C@@H]1COc2cc(N3CCSCC3)ccc2S(=O)(=O)N1C. The van der Waals surface area contributed by atoms with Crippen LogP contribution in [0.1, 0.15) is 20.3 Å². The zero-order chi connectivity index (χ0) is 17.3. The molecule has 1 atom stereocenters. The topological polar surface area (TPSA) is 49.9 Å². The Balaban J connectivity index is 1.92. The van der Waals surface area contributed by atoms with E-state index in [1.54, 1.807) is 13.1 Å². The molecule has 3 rings (SSSR count). The predicted octanol–water partition coefficient (Wildman–Crippen LogP) is 2.67. The first-order chi connectivity index (χ1) is 11.4. The molecule has 1 saturated heterocycles. The standard InChI is InChI=1S/C17H26N2O3S2/c1-13(2)10-15-12-22-16-11-14(19-6-8-23-9-7-19)4-5-17(16)24(20,21)18(15)3/h4-5,11,13,15H,6-10,12H2,1-3H3/t15-/m1/s1. The summed E-state index contributed by atoms with van der Waals surface area (Å²) in [5.41, 5.74) is 1.05. The van der Waals surface area contributed by atoms with Crippen molar-refractivity contribution >= 4 is 27.5 Å². The van der Waals surface area contributed by atoms with E-state index >= 15 is 0 Å². The summed E-state index contributed by atoms with van der Waals surface area (Å²) in [6.07, 6.45) is 0.792. The fraction of sp³-hybridized carbons (Fsp3) is 0.647. The highest BCUT2D eigenvalue weighted by atomic mass is 32.2. The fourth-order valence-corrected chi connectivity index (χ4v) is 5.61. The average Bonchev–Trinajstić information content (AvgIpc) is 2.65. The molecule has 1 aromatic rings. The van der Waals surface area contributed by atoms with Crippen LogP contribution in [-0.2, 0) is 10.0 Å². The molecule has 0 unspecified atom stereocenters. The van der Waals surface area contributed by atoms with Crippen LogP contribution in [0.4, 0.5) is 5.69 Å². The first-order valence-corrected chi connectivity index (χ1v) is 11.1. The summed E-state index contributed by atoms with van der Waals surface area (Å²) in [4.78, 5) is 2.58.